The van der Waals surface area contributed by atoms with Crippen LogP contribution < -0.4 is 0 Å². The highest BCUT2D eigenvalue weighted by Gasteiger charge is 2.23. The Morgan fingerprint density at radius 2 is 1.11 bits per heavy atom. The summed E-state index contributed by atoms with van der Waals surface area (Å²) in [6.07, 6.45) is 6.18. The molecule has 0 saturated heterocycles. The molecule has 28 heavy (non-hydrogen) atoms. The second-order valence-corrected chi connectivity index (χ2v) is 5.91. The van der Waals surface area contributed by atoms with Gasteiger partial charge in [-0.15, -0.1) is 0 Å². The average Bonchev–Trinajstić information content (AvgIpc) is 3.43. The number of hydrogen-bond acceptors (Lipinski definition) is 5. The minimum atomic E-state index is -0.379. The number of ketones is 1. The Bertz CT molecular complexity index is 1060. The molecule has 0 spiro atoms. The third-order valence-electron chi connectivity index (χ3n) is 4.25. The van der Waals surface area contributed by atoms with Crippen LogP contribution in [0.25, 0.3) is 23.5 Å². The predicted octanol–water partition coefficient (Wildman–Crippen LogP) is 3.37. The van der Waals surface area contributed by atoms with Gasteiger partial charge in [0, 0.05) is 0 Å². The molecule has 0 saturated carbocycles. The minimum Gasteiger partial charge on any atom is -0.281 e. The third kappa shape index (κ3) is 3.05. The molecular formula is C21H16N6O. The first-order valence-corrected chi connectivity index (χ1v) is 8.52. The molecule has 2 aromatic heterocycles. The monoisotopic (exact) mass is 368 g/mol. The molecule has 0 radical (unpaired) electrons. The van der Waals surface area contributed by atoms with E-state index in [1.54, 1.807) is 12.2 Å². The molecule has 0 amide bonds. The lowest BCUT2D eigenvalue weighted by molar-refractivity contribution is 0.101. The standard InChI is InChI=1S/C21H16N6O/c1-3-15-5-9-17(10-6-15)26-20(22-13-24-26)19(28)21-23-14-25-27(21)18-11-7-16(4-2)8-12-18/h3-14H,1-2H2. The quantitative estimate of drug-likeness (QED) is 0.488. The second kappa shape index (κ2) is 7.24. The highest BCUT2D eigenvalue weighted by molar-refractivity contribution is 6.04. The zero-order valence-corrected chi connectivity index (χ0v) is 14.9. The number of carbonyl (C=O) groups excluding carboxylic acids is 1. The Morgan fingerprint density at radius 1 is 0.714 bits per heavy atom. The highest BCUT2D eigenvalue weighted by atomic mass is 16.1. The van der Waals surface area contributed by atoms with Crippen LogP contribution in [0, 0.1) is 0 Å². The van der Waals surface area contributed by atoms with Crippen molar-refractivity contribution in [1.82, 2.24) is 29.5 Å². The summed E-state index contributed by atoms with van der Waals surface area (Å²) in [5.41, 5.74) is 3.37. The van der Waals surface area contributed by atoms with E-state index in [2.05, 4.69) is 33.3 Å². The molecule has 2 aromatic carbocycles. The van der Waals surface area contributed by atoms with Gasteiger partial charge in [0.25, 0.3) is 5.78 Å². The lowest BCUT2D eigenvalue weighted by Gasteiger charge is -2.07. The molecule has 136 valence electrons. The Labute approximate surface area is 161 Å². The molecule has 0 aliphatic rings. The Hall–Kier alpha value is -4.13. The highest BCUT2D eigenvalue weighted by Crippen LogP contribution is 2.16. The van der Waals surface area contributed by atoms with Crippen molar-refractivity contribution in [3.63, 3.8) is 0 Å². The van der Waals surface area contributed by atoms with Gasteiger partial charge in [-0.2, -0.15) is 10.2 Å². The van der Waals surface area contributed by atoms with Crippen molar-refractivity contribution in [3.05, 3.63) is 97.1 Å². The molecule has 0 aliphatic carbocycles. The molecule has 7 heteroatoms. The predicted molar refractivity (Wildman–Crippen MR) is 106 cm³/mol. The van der Waals surface area contributed by atoms with Gasteiger partial charge in [0.05, 0.1) is 11.4 Å². The maximum Gasteiger partial charge on any atom is 0.267 e. The molecule has 0 aliphatic heterocycles. The fourth-order valence-corrected chi connectivity index (χ4v) is 2.77. The molecule has 0 fully saturated rings. The number of carbonyl (C=O) groups is 1. The topological polar surface area (TPSA) is 78.5 Å². The van der Waals surface area contributed by atoms with Crippen LogP contribution >= 0.6 is 0 Å². The summed E-state index contributed by atoms with van der Waals surface area (Å²) in [7, 11) is 0. The van der Waals surface area contributed by atoms with Crippen LogP contribution in [-0.2, 0) is 0 Å². The molecule has 4 rings (SSSR count). The lowest BCUT2D eigenvalue weighted by atomic mass is 10.2. The Morgan fingerprint density at radius 3 is 1.46 bits per heavy atom. The van der Waals surface area contributed by atoms with E-state index < -0.39 is 0 Å². The number of hydrogen-bond donors (Lipinski definition) is 0. The van der Waals surface area contributed by atoms with Crippen molar-refractivity contribution in [2.24, 2.45) is 0 Å². The molecule has 0 N–H and O–H groups in total. The van der Waals surface area contributed by atoms with E-state index in [1.807, 2.05) is 48.5 Å². The summed E-state index contributed by atoms with van der Waals surface area (Å²) in [4.78, 5) is 21.4. The van der Waals surface area contributed by atoms with Crippen molar-refractivity contribution < 1.29 is 4.79 Å². The van der Waals surface area contributed by atoms with Crippen LogP contribution in [0.5, 0.6) is 0 Å². The van der Waals surface area contributed by atoms with E-state index in [1.165, 1.54) is 22.0 Å². The summed E-state index contributed by atoms with van der Waals surface area (Å²) in [6.45, 7) is 7.48. The van der Waals surface area contributed by atoms with Crippen molar-refractivity contribution in [3.8, 4) is 11.4 Å². The van der Waals surface area contributed by atoms with Gasteiger partial charge in [-0.3, -0.25) is 4.79 Å². The Balaban J connectivity index is 1.72. The largest absolute Gasteiger partial charge is 0.281 e. The summed E-state index contributed by atoms with van der Waals surface area (Å²) in [6, 6.07) is 15.0. The molecule has 0 atom stereocenters. The molecular weight excluding hydrogens is 352 g/mol. The van der Waals surface area contributed by atoms with Crippen LogP contribution in [0.4, 0.5) is 0 Å². The maximum atomic E-state index is 13.1. The molecule has 2 heterocycles. The van der Waals surface area contributed by atoms with Crippen LogP contribution in [-0.4, -0.2) is 35.3 Å². The normalized spacial score (nSPS) is 10.6. The fourth-order valence-electron chi connectivity index (χ4n) is 2.77. The summed E-state index contributed by atoms with van der Waals surface area (Å²) in [5, 5.41) is 8.38. The lowest BCUT2D eigenvalue weighted by Crippen LogP contribution is -2.16. The maximum absolute atomic E-state index is 13.1. The van der Waals surface area contributed by atoms with E-state index in [0.717, 1.165) is 11.1 Å². The van der Waals surface area contributed by atoms with Gasteiger partial charge in [-0.1, -0.05) is 49.6 Å². The van der Waals surface area contributed by atoms with Gasteiger partial charge >= 0.3 is 0 Å². The van der Waals surface area contributed by atoms with Gasteiger partial charge < -0.3 is 0 Å². The van der Waals surface area contributed by atoms with Gasteiger partial charge in [-0.05, 0) is 35.4 Å². The summed E-state index contributed by atoms with van der Waals surface area (Å²) >= 11 is 0. The van der Waals surface area contributed by atoms with E-state index in [-0.39, 0.29) is 17.4 Å². The second-order valence-electron chi connectivity index (χ2n) is 5.91. The summed E-state index contributed by atoms with van der Waals surface area (Å²) < 4.78 is 2.96. The van der Waals surface area contributed by atoms with Crippen molar-refractivity contribution >= 4 is 17.9 Å². The van der Waals surface area contributed by atoms with Crippen LogP contribution in [0.1, 0.15) is 27.6 Å². The van der Waals surface area contributed by atoms with E-state index >= 15 is 0 Å². The first-order chi connectivity index (χ1) is 13.7. The first kappa shape index (κ1) is 17.3. The van der Waals surface area contributed by atoms with E-state index in [9.17, 15) is 4.79 Å². The molecule has 4 aromatic rings. The Kier molecular flexibility index (Phi) is 4.47. The molecule has 0 bridgehead atoms. The number of rotatable bonds is 6. The molecule has 0 unspecified atom stereocenters. The third-order valence-corrected chi connectivity index (χ3v) is 4.25. The van der Waals surface area contributed by atoms with E-state index in [0.29, 0.717) is 11.4 Å². The first-order valence-electron chi connectivity index (χ1n) is 8.52. The van der Waals surface area contributed by atoms with Crippen LogP contribution in [0.3, 0.4) is 0 Å². The van der Waals surface area contributed by atoms with Gasteiger partial charge in [-0.25, -0.2) is 19.3 Å². The smallest absolute Gasteiger partial charge is 0.267 e. The summed E-state index contributed by atoms with van der Waals surface area (Å²) in [5.74, 6) is -0.0674. The average molecular weight is 368 g/mol. The van der Waals surface area contributed by atoms with E-state index in [4.69, 9.17) is 0 Å². The fraction of sp³-hybridized carbons (Fsp3) is 0. The van der Waals surface area contributed by atoms with Crippen LogP contribution in [0.15, 0.2) is 74.3 Å². The number of benzene rings is 2. The van der Waals surface area contributed by atoms with Crippen molar-refractivity contribution in [2.75, 3.05) is 0 Å². The van der Waals surface area contributed by atoms with Gasteiger partial charge in [0.2, 0.25) is 11.6 Å². The van der Waals surface area contributed by atoms with Gasteiger partial charge in [0.15, 0.2) is 0 Å². The van der Waals surface area contributed by atoms with Gasteiger partial charge in [0.1, 0.15) is 12.7 Å². The SMILES string of the molecule is C=Cc1ccc(-n2ncnc2C(=O)c2ncnn2-c2ccc(C=C)cc2)cc1. The zero-order valence-electron chi connectivity index (χ0n) is 14.9. The van der Waals surface area contributed by atoms with Crippen LogP contribution in [0.2, 0.25) is 0 Å². The molecule has 7 nitrogen and oxygen atoms in total. The number of aromatic nitrogens is 6. The zero-order chi connectivity index (χ0) is 19.5. The van der Waals surface area contributed by atoms with Crippen molar-refractivity contribution in [2.45, 2.75) is 0 Å². The number of nitrogens with zero attached hydrogens (tertiary/aromatic N) is 6. The van der Waals surface area contributed by atoms with Crippen molar-refractivity contribution in [1.29, 1.82) is 0 Å². The minimum absolute atomic E-state index is 0.156.